The van der Waals surface area contributed by atoms with E-state index >= 15 is 0 Å². The molecule has 0 fully saturated rings. The predicted molar refractivity (Wildman–Crippen MR) is 97.4 cm³/mol. The molecule has 0 aromatic heterocycles. The van der Waals surface area contributed by atoms with E-state index < -0.39 is 22.8 Å². The van der Waals surface area contributed by atoms with Crippen LogP contribution >= 0.6 is 0 Å². The largest absolute Gasteiger partial charge is 0.450 e. The summed E-state index contributed by atoms with van der Waals surface area (Å²) in [6.45, 7) is 2.10. The lowest BCUT2D eigenvalue weighted by atomic mass is 10.1. The molecule has 0 aliphatic heterocycles. The number of rotatable bonds is 7. The third-order valence-corrected chi connectivity index (χ3v) is 3.73. The molecule has 0 bridgehead atoms. The number of nitro groups is 1. The first-order valence-electron chi connectivity index (χ1n) is 8.33. The van der Waals surface area contributed by atoms with Gasteiger partial charge in [0.05, 0.1) is 17.1 Å². The lowest BCUT2D eigenvalue weighted by Crippen LogP contribution is -2.14. The minimum Gasteiger partial charge on any atom is -0.450 e. The van der Waals surface area contributed by atoms with E-state index in [2.05, 4.69) is 10.6 Å². The highest BCUT2D eigenvalue weighted by atomic mass is 19.4. The highest BCUT2D eigenvalue weighted by molar-refractivity contribution is 5.87. The van der Waals surface area contributed by atoms with Gasteiger partial charge in [-0.15, -0.1) is 0 Å². The Morgan fingerprint density at radius 3 is 2.43 bits per heavy atom. The molecule has 1 amide bonds. The third kappa shape index (κ3) is 5.86. The number of benzene rings is 2. The Labute approximate surface area is 158 Å². The van der Waals surface area contributed by atoms with Crippen molar-refractivity contribution >= 4 is 23.2 Å². The van der Waals surface area contributed by atoms with Crippen molar-refractivity contribution in [3.63, 3.8) is 0 Å². The smallest absolute Gasteiger partial charge is 0.416 e. The van der Waals surface area contributed by atoms with Crippen LogP contribution in [0.5, 0.6) is 0 Å². The Hall–Kier alpha value is -3.30. The van der Waals surface area contributed by atoms with Crippen LogP contribution in [-0.4, -0.2) is 24.2 Å². The minimum absolute atomic E-state index is 0.0166. The van der Waals surface area contributed by atoms with E-state index in [-0.39, 0.29) is 18.0 Å². The highest BCUT2D eigenvalue weighted by Gasteiger charge is 2.29. The zero-order valence-corrected chi connectivity index (χ0v) is 14.9. The molecule has 2 rings (SSSR count). The standard InChI is InChI=1S/C18H18F3N3O4/c1-2-28-17(25)23-15-8-3-12(11-16(15)24(26)27)9-10-22-14-6-4-13(5-7-14)18(19,20)21/h3-8,11,22H,2,9-10H2,1H3,(H,23,25). The number of hydrogen-bond donors (Lipinski definition) is 2. The maximum atomic E-state index is 12.5. The number of carbonyl (C=O) groups is 1. The summed E-state index contributed by atoms with van der Waals surface area (Å²) in [5, 5.41) is 16.5. The number of halogens is 3. The van der Waals surface area contributed by atoms with E-state index in [0.29, 0.717) is 24.2 Å². The fourth-order valence-electron chi connectivity index (χ4n) is 2.39. The third-order valence-electron chi connectivity index (χ3n) is 3.73. The number of ether oxygens (including phenoxy) is 1. The van der Waals surface area contributed by atoms with Crippen molar-refractivity contribution in [2.45, 2.75) is 19.5 Å². The van der Waals surface area contributed by atoms with Crippen molar-refractivity contribution in [2.24, 2.45) is 0 Å². The zero-order valence-electron chi connectivity index (χ0n) is 14.9. The van der Waals surface area contributed by atoms with Crippen LogP contribution in [0.2, 0.25) is 0 Å². The maximum Gasteiger partial charge on any atom is 0.416 e. The van der Waals surface area contributed by atoms with Gasteiger partial charge in [0.1, 0.15) is 5.69 Å². The molecule has 10 heteroatoms. The molecule has 0 unspecified atom stereocenters. The molecule has 150 valence electrons. The van der Waals surface area contributed by atoms with Crippen molar-refractivity contribution in [3.8, 4) is 0 Å². The number of amides is 1. The molecular formula is C18H18F3N3O4. The second kappa shape index (κ2) is 9.07. The number of nitro benzene ring substituents is 1. The van der Waals surface area contributed by atoms with Gasteiger partial charge in [0.25, 0.3) is 5.69 Å². The van der Waals surface area contributed by atoms with Gasteiger partial charge in [-0.05, 0) is 49.2 Å². The van der Waals surface area contributed by atoms with Gasteiger partial charge in [-0.2, -0.15) is 13.2 Å². The fourth-order valence-corrected chi connectivity index (χ4v) is 2.39. The van der Waals surface area contributed by atoms with Gasteiger partial charge >= 0.3 is 12.3 Å². The quantitative estimate of drug-likeness (QED) is 0.515. The van der Waals surface area contributed by atoms with Gasteiger partial charge in [0.2, 0.25) is 0 Å². The monoisotopic (exact) mass is 397 g/mol. The van der Waals surface area contributed by atoms with Crippen molar-refractivity contribution in [1.82, 2.24) is 0 Å². The Bertz CT molecular complexity index is 839. The second-order valence-corrected chi connectivity index (χ2v) is 5.71. The zero-order chi connectivity index (χ0) is 20.7. The summed E-state index contributed by atoms with van der Waals surface area (Å²) in [7, 11) is 0. The molecular weight excluding hydrogens is 379 g/mol. The lowest BCUT2D eigenvalue weighted by molar-refractivity contribution is -0.384. The molecule has 7 nitrogen and oxygen atoms in total. The SMILES string of the molecule is CCOC(=O)Nc1ccc(CCNc2ccc(C(F)(F)F)cc2)cc1[N+](=O)[O-]. The molecule has 0 saturated heterocycles. The van der Waals surface area contributed by atoms with Crippen LogP contribution in [-0.2, 0) is 17.3 Å². The van der Waals surface area contributed by atoms with Crippen LogP contribution in [0.25, 0.3) is 0 Å². The number of anilines is 2. The van der Waals surface area contributed by atoms with Crippen LogP contribution < -0.4 is 10.6 Å². The molecule has 0 aliphatic rings. The molecule has 28 heavy (non-hydrogen) atoms. The maximum absolute atomic E-state index is 12.5. The van der Waals surface area contributed by atoms with Crippen LogP contribution in [0.15, 0.2) is 42.5 Å². The summed E-state index contributed by atoms with van der Waals surface area (Å²) in [6.07, 6.45) is -4.79. The summed E-state index contributed by atoms with van der Waals surface area (Å²) in [4.78, 5) is 22.1. The van der Waals surface area contributed by atoms with E-state index in [0.717, 1.165) is 12.1 Å². The Kier molecular flexibility index (Phi) is 6.80. The highest BCUT2D eigenvalue weighted by Crippen LogP contribution is 2.30. The first-order chi connectivity index (χ1) is 13.2. The van der Waals surface area contributed by atoms with Crippen LogP contribution in [0.1, 0.15) is 18.1 Å². The van der Waals surface area contributed by atoms with E-state index in [4.69, 9.17) is 4.74 Å². The summed E-state index contributed by atoms with van der Waals surface area (Å²) >= 11 is 0. The molecule has 0 heterocycles. The molecule has 0 radical (unpaired) electrons. The van der Waals surface area contributed by atoms with E-state index in [1.807, 2.05) is 0 Å². The lowest BCUT2D eigenvalue weighted by Gasteiger charge is -2.10. The predicted octanol–water partition coefficient (Wildman–Crippen LogP) is 4.84. The number of alkyl halides is 3. The summed E-state index contributed by atoms with van der Waals surface area (Å²) < 4.78 is 42.3. The van der Waals surface area contributed by atoms with E-state index in [9.17, 15) is 28.1 Å². The van der Waals surface area contributed by atoms with Crippen molar-refractivity contribution in [3.05, 3.63) is 63.7 Å². The first kappa shape index (κ1) is 21.0. The Balaban J connectivity index is 1.99. The van der Waals surface area contributed by atoms with Crippen LogP contribution in [0, 0.1) is 10.1 Å². The molecule has 2 N–H and O–H groups in total. The van der Waals surface area contributed by atoms with Gasteiger partial charge < -0.3 is 10.1 Å². The van der Waals surface area contributed by atoms with Crippen LogP contribution in [0.4, 0.5) is 35.0 Å². The van der Waals surface area contributed by atoms with Crippen molar-refractivity contribution < 1.29 is 27.6 Å². The van der Waals surface area contributed by atoms with Gasteiger partial charge in [0.15, 0.2) is 0 Å². The normalized spacial score (nSPS) is 11.0. The van der Waals surface area contributed by atoms with Gasteiger partial charge in [-0.3, -0.25) is 15.4 Å². The Morgan fingerprint density at radius 1 is 1.18 bits per heavy atom. The number of carbonyl (C=O) groups excluding carboxylic acids is 1. The molecule has 2 aromatic carbocycles. The van der Waals surface area contributed by atoms with Crippen molar-refractivity contribution in [2.75, 3.05) is 23.8 Å². The number of hydrogen-bond acceptors (Lipinski definition) is 5. The summed E-state index contributed by atoms with van der Waals surface area (Å²) in [5.41, 5.74) is 0.130. The fraction of sp³-hybridized carbons (Fsp3) is 0.278. The van der Waals surface area contributed by atoms with E-state index in [1.165, 1.54) is 24.3 Å². The molecule has 2 aromatic rings. The van der Waals surface area contributed by atoms with Gasteiger partial charge in [-0.1, -0.05) is 6.07 Å². The average molecular weight is 397 g/mol. The average Bonchev–Trinajstić information content (AvgIpc) is 2.62. The van der Waals surface area contributed by atoms with Gasteiger partial charge in [0, 0.05) is 18.3 Å². The van der Waals surface area contributed by atoms with Gasteiger partial charge in [-0.25, -0.2) is 4.79 Å². The topological polar surface area (TPSA) is 93.5 Å². The van der Waals surface area contributed by atoms with Crippen LogP contribution in [0.3, 0.4) is 0 Å². The van der Waals surface area contributed by atoms with Crippen molar-refractivity contribution in [1.29, 1.82) is 0 Å². The molecule has 0 atom stereocenters. The molecule has 0 saturated carbocycles. The second-order valence-electron chi connectivity index (χ2n) is 5.71. The Morgan fingerprint density at radius 2 is 1.86 bits per heavy atom. The van der Waals surface area contributed by atoms with E-state index in [1.54, 1.807) is 13.0 Å². The first-order valence-corrected chi connectivity index (χ1v) is 8.33. The minimum atomic E-state index is -4.39. The summed E-state index contributed by atoms with van der Waals surface area (Å²) in [6, 6.07) is 8.93. The molecule has 0 aliphatic carbocycles. The summed E-state index contributed by atoms with van der Waals surface area (Å²) in [5.74, 6) is 0. The number of nitrogens with zero attached hydrogens (tertiary/aromatic N) is 1. The molecule has 0 spiro atoms. The number of nitrogens with one attached hydrogen (secondary N) is 2.